The molecule has 4 nitrogen and oxygen atoms in total. The van der Waals surface area contributed by atoms with Gasteiger partial charge in [0.25, 0.3) is 0 Å². The number of hydrogen-bond donors (Lipinski definition) is 2. The predicted octanol–water partition coefficient (Wildman–Crippen LogP) is 0.721. The van der Waals surface area contributed by atoms with Crippen LogP contribution >= 0.6 is 0 Å². The van der Waals surface area contributed by atoms with E-state index in [0.29, 0.717) is 0 Å². The average molecular weight is 164 g/mol. The Bertz CT molecular complexity index is 271. The molecular formula is C8H12N4. The first-order chi connectivity index (χ1) is 5.84. The normalized spacial score (nSPS) is 9.33. The zero-order chi connectivity index (χ0) is 8.81. The smallest absolute Gasteiger partial charge is 0.176 e. The topological polar surface area (TPSA) is 64.5 Å². The van der Waals surface area contributed by atoms with Crippen LogP contribution in [0.2, 0.25) is 0 Å². The number of aryl methyl sites for hydroxylation is 2. The van der Waals surface area contributed by atoms with E-state index in [9.17, 15) is 0 Å². The van der Waals surface area contributed by atoms with Gasteiger partial charge in [0.1, 0.15) is 0 Å². The van der Waals surface area contributed by atoms with E-state index in [-0.39, 0.29) is 0 Å². The fourth-order valence-electron chi connectivity index (χ4n) is 1.05. The molecule has 4 heteroatoms. The van der Waals surface area contributed by atoms with Crippen LogP contribution in [0.3, 0.4) is 0 Å². The molecule has 0 amide bonds. The molecule has 0 aromatic carbocycles. The van der Waals surface area contributed by atoms with E-state index < -0.39 is 0 Å². The van der Waals surface area contributed by atoms with Gasteiger partial charge in [0, 0.05) is 12.2 Å². The molecule has 1 rings (SSSR count). The van der Waals surface area contributed by atoms with Gasteiger partial charge in [-0.05, 0) is 25.3 Å². The Labute approximate surface area is 71.6 Å². The largest absolute Gasteiger partial charge is 0.324 e. The zero-order valence-corrected chi connectivity index (χ0v) is 7.09. The van der Waals surface area contributed by atoms with Gasteiger partial charge in [-0.2, -0.15) is 10.4 Å². The maximum absolute atomic E-state index is 8.20. The zero-order valence-electron chi connectivity index (χ0n) is 7.09. The summed E-state index contributed by atoms with van der Waals surface area (Å²) in [6, 6.07) is 0. The van der Waals surface area contributed by atoms with Crippen molar-refractivity contribution in [1.29, 1.82) is 5.26 Å². The summed E-state index contributed by atoms with van der Waals surface area (Å²) in [6.45, 7) is 2.74. The number of H-pyrrole nitrogens is 1. The van der Waals surface area contributed by atoms with Gasteiger partial charge >= 0.3 is 0 Å². The number of rotatable bonds is 4. The Hall–Kier alpha value is -1.50. The molecule has 64 valence electrons. The Balaban J connectivity index is 2.25. The predicted molar refractivity (Wildman–Crippen MR) is 45.3 cm³/mol. The summed E-state index contributed by atoms with van der Waals surface area (Å²) in [5.74, 6) is 0. The summed E-state index contributed by atoms with van der Waals surface area (Å²) >= 11 is 0. The number of nitrogens with zero attached hydrogens (tertiary/aromatic N) is 2. The lowest BCUT2D eigenvalue weighted by Gasteiger charge is -1.97. The highest BCUT2D eigenvalue weighted by molar-refractivity contribution is 5.14. The van der Waals surface area contributed by atoms with Crippen LogP contribution in [-0.2, 0) is 6.42 Å². The fourth-order valence-corrected chi connectivity index (χ4v) is 1.05. The Morgan fingerprint density at radius 1 is 1.75 bits per heavy atom. The number of aromatic amines is 1. The van der Waals surface area contributed by atoms with E-state index in [1.807, 2.05) is 19.3 Å². The molecule has 0 radical (unpaired) electrons. The third-order valence-electron chi connectivity index (χ3n) is 1.76. The lowest BCUT2D eigenvalue weighted by Crippen LogP contribution is -2.07. The SMILES string of the molecule is Cc1[nH]ncc1CCCNC#N. The molecule has 2 N–H and O–H groups in total. The summed E-state index contributed by atoms with van der Waals surface area (Å²) in [5, 5.41) is 17.6. The van der Waals surface area contributed by atoms with E-state index in [1.54, 1.807) is 0 Å². The van der Waals surface area contributed by atoms with Crippen LogP contribution in [0.25, 0.3) is 0 Å². The van der Waals surface area contributed by atoms with Crippen LogP contribution in [-0.4, -0.2) is 16.7 Å². The van der Waals surface area contributed by atoms with Gasteiger partial charge in [-0.3, -0.25) is 5.10 Å². The van der Waals surface area contributed by atoms with Crippen molar-refractivity contribution in [1.82, 2.24) is 15.5 Å². The second-order valence-electron chi connectivity index (χ2n) is 2.66. The highest BCUT2D eigenvalue weighted by Gasteiger charge is 1.98. The molecule has 12 heavy (non-hydrogen) atoms. The first-order valence-electron chi connectivity index (χ1n) is 3.95. The van der Waals surface area contributed by atoms with Crippen molar-refractivity contribution in [3.8, 4) is 6.19 Å². The van der Waals surface area contributed by atoms with Crippen molar-refractivity contribution in [2.45, 2.75) is 19.8 Å². The minimum atomic E-state index is 0.737. The maximum atomic E-state index is 8.20. The molecule has 0 atom stereocenters. The van der Waals surface area contributed by atoms with Crippen molar-refractivity contribution in [3.63, 3.8) is 0 Å². The standard InChI is InChI=1S/C8H12N4/c1-7-8(5-11-12-7)3-2-4-10-6-9/h5,10H,2-4H2,1H3,(H,11,12). The number of aromatic nitrogens is 2. The molecular weight excluding hydrogens is 152 g/mol. The number of nitriles is 1. The molecule has 1 heterocycles. The molecule has 0 aliphatic heterocycles. The minimum absolute atomic E-state index is 0.737. The molecule has 0 fully saturated rings. The molecule has 0 spiro atoms. The summed E-state index contributed by atoms with van der Waals surface area (Å²) in [6.07, 6.45) is 5.66. The number of hydrogen-bond acceptors (Lipinski definition) is 3. The van der Waals surface area contributed by atoms with E-state index in [2.05, 4.69) is 15.5 Å². The van der Waals surface area contributed by atoms with Gasteiger partial charge in [-0.15, -0.1) is 0 Å². The van der Waals surface area contributed by atoms with Crippen LogP contribution in [0.15, 0.2) is 6.20 Å². The summed E-state index contributed by atoms with van der Waals surface area (Å²) in [4.78, 5) is 0. The van der Waals surface area contributed by atoms with E-state index in [4.69, 9.17) is 5.26 Å². The van der Waals surface area contributed by atoms with E-state index >= 15 is 0 Å². The van der Waals surface area contributed by atoms with Crippen molar-refractivity contribution in [3.05, 3.63) is 17.5 Å². The van der Waals surface area contributed by atoms with Gasteiger partial charge in [-0.1, -0.05) is 0 Å². The highest BCUT2D eigenvalue weighted by Crippen LogP contribution is 2.04. The number of nitrogens with one attached hydrogen (secondary N) is 2. The van der Waals surface area contributed by atoms with Crippen molar-refractivity contribution in [2.24, 2.45) is 0 Å². The lowest BCUT2D eigenvalue weighted by molar-refractivity contribution is 0.757. The second kappa shape index (κ2) is 4.39. The van der Waals surface area contributed by atoms with Crippen LogP contribution in [0, 0.1) is 18.4 Å². The molecule has 0 saturated carbocycles. The summed E-state index contributed by atoms with van der Waals surface area (Å²) in [5.41, 5.74) is 2.35. The third kappa shape index (κ3) is 2.27. The molecule has 0 bridgehead atoms. The molecule has 0 saturated heterocycles. The summed E-state index contributed by atoms with van der Waals surface area (Å²) < 4.78 is 0. The van der Waals surface area contributed by atoms with Gasteiger partial charge < -0.3 is 5.32 Å². The Morgan fingerprint density at radius 2 is 2.58 bits per heavy atom. The van der Waals surface area contributed by atoms with Gasteiger partial charge in [0.15, 0.2) is 6.19 Å². The van der Waals surface area contributed by atoms with Gasteiger partial charge in [0.2, 0.25) is 0 Å². The quantitative estimate of drug-likeness (QED) is 0.391. The highest BCUT2D eigenvalue weighted by atomic mass is 15.1. The van der Waals surface area contributed by atoms with Crippen LogP contribution in [0.1, 0.15) is 17.7 Å². The fraction of sp³-hybridized carbons (Fsp3) is 0.500. The maximum Gasteiger partial charge on any atom is 0.176 e. The lowest BCUT2D eigenvalue weighted by atomic mass is 10.1. The third-order valence-corrected chi connectivity index (χ3v) is 1.76. The van der Waals surface area contributed by atoms with Crippen LogP contribution in [0.4, 0.5) is 0 Å². The van der Waals surface area contributed by atoms with Crippen LogP contribution < -0.4 is 5.32 Å². The molecule has 1 aromatic heterocycles. The second-order valence-corrected chi connectivity index (χ2v) is 2.66. The molecule has 0 unspecified atom stereocenters. The summed E-state index contributed by atoms with van der Waals surface area (Å²) in [7, 11) is 0. The first kappa shape index (κ1) is 8.60. The van der Waals surface area contributed by atoms with E-state index in [0.717, 1.165) is 25.1 Å². The monoisotopic (exact) mass is 164 g/mol. The van der Waals surface area contributed by atoms with E-state index in [1.165, 1.54) is 5.56 Å². The van der Waals surface area contributed by atoms with Crippen molar-refractivity contribution >= 4 is 0 Å². The van der Waals surface area contributed by atoms with Crippen LogP contribution in [0.5, 0.6) is 0 Å². The van der Waals surface area contributed by atoms with Gasteiger partial charge in [-0.25, -0.2) is 0 Å². The average Bonchev–Trinajstić information content (AvgIpc) is 2.46. The first-order valence-corrected chi connectivity index (χ1v) is 3.95. The van der Waals surface area contributed by atoms with Crippen molar-refractivity contribution in [2.75, 3.05) is 6.54 Å². The molecule has 1 aromatic rings. The Morgan fingerprint density at radius 3 is 3.17 bits per heavy atom. The van der Waals surface area contributed by atoms with Gasteiger partial charge in [0.05, 0.1) is 6.20 Å². The van der Waals surface area contributed by atoms with Crippen molar-refractivity contribution < 1.29 is 0 Å². The minimum Gasteiger partial charge on any atom is -0.324 e. The molecule has 0 aliphatic carbocycles. The molecule has 0 aliphatic rings. The Kier molecular flexibility index (Phi) is 3.15.